The number of hydrogen-bond acceptors (Lipinski definition) is 1. The molecule has 0 atom stereocenters. The molecule has 0 unspecified atom stereocenters. The van der Waals surface area contributed by atoms with Crippen molar-refractivity contribution in [3.8, 4) is 0 Å². The van der Waals surface area contributed by atoms with Crippen LogP contribution < -0.4 is 0 Å². The van der Waals surface area contributed by atoms with Crippen molar-refractivity contribution in [3.05, 3.63) is 0 Å². The van der Waals surface area contributed by atoms with E-state index in [9.17, 15) is 0 Å². The summed E-state index contributed by atoms with van der Waals surface area (Å²) in [6.07, 6.45) is 1.83. The van der Waals surface area contributed by atoms with Gasteiger partial charge < -0.3 is 4.79 Å². The Balaban J connectivity index is 0. The minimum Gasteiger partial charge on any atom is -0.542 e. The maximum absolute atomic E-state index is 9.16. The zero-order chi connectivity index (χ0) is 4.12. The summed E-state index contributed by atoms with van der Waals surface area (Å²) in [6, 6.07) is 0. The zero-order valence-corrected chi connectivity index (χ0v) is 5.74. The van der Waals surface area contributed by atoms with Crippen molar-refractivity contribution >= 4 is 6.29 Å². The van der Waals surface area contributed by atoms with Crippen LogP contribution >= 0.6 is 0 Å². The van der Waals surface area contributed by atoms with E-state index < -0.39 is 0 Å². The molecule has 1 nitrogen and oxygen atoms in total. The average Bonchev–Trinajstić information content (AvgIpc) is 1.41. The standard InChI is InChI=1S/C3H5O.Y/c1-2-3-4;/h2H2,1H3;/q-1;/i1T;. The Kier molecular flexibility index (Phi) is 10.2. The van der Waals surface area contributed by atoms with Crippen LogP contribution in [0.2, 0.25) is 0 Å². The van der Waals surface area contributed by atoms with Gasteiger partial charge in [-0.05, 0) is 0 Å². The van der Waals surface area contributed by atoms with Crippen LogP contribution in [0.1, 0.15) is 14.7 Å². The van der Waals surface area contributed by atoms with Crippen molar-refractivity contribution in [1.82, 2.24) is 0 Å². The second-order valence-electron chi connectivity index (χ2n) is 0.394. The van der Waals surface area contributed by atoms with Crippen molar-refractivity contribution in [2.24, 2.45) is 0 Å². The van der Waals surface area contributed by atoms with Crippen LogP contribution in [0.15, 0.2) is 0 Å². The third-order valence-electron chi connectivity index (χ3n) is 0.102. The van der Waals surface area contributed by atoms with Crippen LogP contribution in [-0.2, 0) is 37.5 Å². The van der Waals surface area contributed by atoms with Crippen molar-refractivity contribution in [2.75, 3.05) is 0 Å². The van der Waals surface area contributed by atoms with Gasteiger partial charge in [0.25, 0.3) is 0 Å². The summed E-state index contributed by atoms with van der Waals surface area (Å²) in [5, 5.41) is 0. The third-order valence-corrected chi connectivity index (χ3v) is 0.102. The molecule has 27 valence electrons. The molecule has 0 aliphatic rings. The molecule has 5 heavy (non-hydrogen) atoms. The quantitative estimate of drug-likeness (QED) is 0.495. The van der Waals surface area contributed by atoms with Crippen LogP contribution in [0.3, 0.4) is 0 Å². The first-order valence-electron chi connectivity index (χ1n) is 1.76. The Labute approximate surface area is 58.4 Å². The van der Waals surface area contributed by atoms with E-state index in [-0.39, 0.29) is 46.0 Å². The first kappa shape index (κ1) is 5.77. The molecule has 0 amide bonds. The molecule has 2 heteroatoms. The summed E-state index contributed by atoms with van der Waals surface area (Å²) >= 11 is 0. The zero-order valence-electron chi connectivity index (χ0n) is 3.90. The summed E-state index contributed by atoms with van der Waals surface area (Å²) < 4.78 is 6.34. The Morgan fingerprint density at radius 3 is 2.80 bits per heavy atom. The Hall–Kier alpha value is 0.774. The minimum atomic E-state index is 0. The summed E-state index contributed by atoms with van der Waals surface area (Å²) in [4.78, 5) is 9.16. The van der Waals surface area contributed by atoms with Crippen molar-refractivity contribution in [3.63, 3.8) is 0 Å². The largest absolute Gasteiger partial charge is 0.542 e. The van der Waals surface area contributed by atoms with Gasteiger partial charge in [-0.2, -0.15) is 6.42 Å². The molecule has 1 radical (unpaired) electrons. The van der Waals surface area contributed by atoms with Crippen molar-refractivity contribution in [1.29, 1.82) is 0 Å². The molecular weight excluding hydrogens is 141 g/mol. The molecule has 0 aromatic rings. The molecule has 0 aromatic carbocycles. The van der Waals surface area contributed by atoms with Gasteiger partial charge in [-0.3, -0.25) is 6.29 Å². The number of rotatable bonds is 1. The van der Waals surface area contributed by atoms with Gasteiger partial charge >= 0.3 is 0 Å². The fourth-order valence-electron chi connectivity index (χ4n) is 0. The molecule has 0 fully saturated rings. The second kappa shape index (κ2) is 8.84. The monoisotopic (exact) mass is 148 g/mol. The minimum absolute atomic E-state index is 0. The fraction of sp³-hybridized carbons (Fsp3) is 0.667. The second-order valence-corrected chi connectivity index (χ2v) is 0.394. The van der Waals surface area contributed by atoms with Gasteiger partial charge in [0.1, 0.15) is 0 Å². The van der Waals surface area contributed by atoms with Gasteiger partial charge in [-0.1, -0.05) is 6.90 Å². The van der Waals surface area contributed by atoms with Gasteiger partial charge in [-0.15, -0.1) is 0 Å². The van der Waals surface area contributed by atoms with E-state index in [4.69, 9.17) is 6.17 Å². The predicted molar refractivity (Wildman–Crippen MR) is 16.0 cm³/mol. The Morgan fingerprint density at radius 2 is 2.80 bits per heavy atom. The molecule has 0 saturated carbocycles. The topological polar surface area (TPSA) is 17.1 Å². The van der Waals surface area contributed by atoms with E-state index in [1.54, 1.807) is 6.29 Å². The maximum Gasteiger partial charge on any atom is 0.0206 e. The molecule has 0 aliphatic heterocycles. The Morgan fingerprint density at radius 1 is 2.20 bits per heavy atom. The maximum atomic E-state index is 9.16. The van der Waals surface area contributed by atoms with Gasteiger partial charge in [-0.25, -0.2) is 0 Å². The fourth-order valence-corrected chi connectivity index (χ4v) is 0. The number of carbonyl (C=O) groups excluding carboxylic acids is 1. The van der Waals surface area contributed by atoms with Crippen molar-refractivity contribution < 1.29 is 38.9 Å². The van der Waals surface area contributed by atoms with Gasteiger partial charge in [0.05, 0.1) is 0 Å². The molecule has 0 rings (SSSR count). The molecule has 0 bridgehead atoms. The van der Waals surface area contributed by atoms with Crippen LogP contribution in [0, 0.1) is 0 Å². The summed E-state index contributed by atoms with van der Waals surface area (Å²) in [6.45, 7) is 0.170. The average molecular weight is 148 g/mol. The molecule has 0 spiro atoms. The van der Waals surface area contributed by atoms with E-state index in [0.29, 0.717) is 0 Å². The first-order chi connectivity index (χ1) is 2.41. The smallest absolute Gasteiger partial charge is 0.0206 e. The summed E-state index contributed by atoms with van der Waals surface area (Å²) in [5.74, 6) is 0. The third kappa shape index (κ3) is 11.7. The molecule has 0 aromatic heterocycles. The van der Waals surface area contributed by atoms with E-state index in [0.717, 1.165) is 0 Å². The molecule has 0 saturated heterocycles. The van der Waals surface area contributed by atoms with Crippen LogP contribution in [0.25, 0.3) is 0 Å². The van der Waals surface area contributed by atoms with Gasteiger partial charge in [0, 0.05) is 34.1 Å². The van der Waals surface area contributed by atoms with Crippen molar-refractivity contribution in [2.45, 2.75) is 13.3 Å². The van der Waals surface area contributed by atoms with E-state index >= 15 is 0 Å². The van der Waals surface area contributed by atoms with Gasteiger partial charge in [0.15, 0.2) is 0 Å². The normalized spacial score (nSPS) is 7.60. The van der Waals surface area contributed by atoms with Gasteiger partial charge in [0.2, 0.25) is 0 Å². The van der Waals surface area contributed by atoms with Crippen LogP contribution in [0.4, 0.5) is 0 Å². The van der Waals surface area contributed by atoms with Crippen LogP contribution in [0.5, 0.6) is 0 Å². The van der Waals surface area contributed by atoms with E-state index in [2.05, 4.69) is 0 Å². The molecule has 0 aliphatic carbocycles. The SMILES string of the molecule is [3H]CC[C-]=O.[Y]. The summed E-state index contributed by atoms with van der Waals surface area (Å²) in [7, 11) is 0. The Bertz CT molecular complexity index is 32.0. The molecule has 0 heterocycles. The van der Waals surface area contributed by atoms with Crippen LogP contribution in [-0.4, -0.2) is 6.29 Å². The van der Waals surface area contributed by atoms with E-state index in [1.807, 2.05) is 0 Å². The number of hydrogen-bond donors (Lipinski definition) is 0. The summed E-state index contributed by atoms with van der Waals surface area (Å²) in [5.41, 5.74) is 0. The molecular formula is C3H5OY-. The predicted octanol–water partition coefficient (Wildman–Crippen LogP) is 0.504. The first-order valence-corrected chi connectivity index (χ1v) is 1.06. The van der Waals surface area contributed by atoms with E-state index in [1.165, 1.54) is 0 Å². The molecule has 0 N–H and O–H groups in total.